The van der Waals surface area contributed by atoms with Crippen molar-refractivity contribution in [2.45, 2.75) is 36.5 Å². The summed E-state index contributed by atoms with van der Waals surface area (Å²) in [5, 5.41) is 15.6. The molecule has 1 amide bonds. The van der Waals surface area contributed by atoms with E-state index >= 15 is 0 Å². The van der Waals surface area contributed by atoms with Gasteiger partial charge in [0.05, 0.1) is 16.5 Å². The molecular formula is C13H18N2O2S. The average molecular weight is 266 g/mol. The van der Waals surface area contributed by atoms with Crippen LogP contribution in [0.2, 0.25) is 0 Å². The summed E-state index contributed by atoms with van der Waals surface area (Å²) in [6.45, 7) is 5.85. The van der Waals surface area contributed by atoms with Crippen LogP contribution in [0.5, 0.6) is 0 Å². The number of nitrogens with one attached hydrogen (secondary N) is 2. The second-order valence-corrected chi connectivity index (χ2v) is 6.51. The van der Waals surface area contributed by atoms with Gasteiger partial charge in [-0.3, -0.25) is 4.79 Å². The molecule has 1 aliphatic heterocycles. The number of carbonyl (C=O) groups excluding carboxylic acids is 1. The average Bonchev–Trinajstić information content (AvgIpc) is 2.27. The molecule has 1 aliphatic rings. The zero-order valence-corrected chi connectivity index (χ0v) is 11.6. The van der Waals surface area contributed by atoms with Gasteiger partial charge in [0.15, 0.2) is 0 Å². The van der Waals surface area contributed by atoms with Gasteiger partial charge < -0.3 is 15.7 Å². The molecule has 0 radical (unpaired) electrons. The van der Waals surface area contributed by atoms with Gasteiger partial charge in [-0.05, 0) is 39.0 Å². The van der Waals surface area contributed by atoms with Crippen molar-refractivity contribution in [2.24, 2.45) is 0 Å². The maximum Gasteiger partial charge on any atom is 0.237 e. The van der Waals surface area contributed by atoms with Gasteiger partial charge in [0.1, 0.15) is 0 Å². The molecule has 18 heavy (non-hydrogen) atoms. The lowest BCUT2D eigenvalue weighted by Crippen LogP contribution is -2.29. The third-order valence-corrected chi connectivity index (χ3v) is 3.81. The summed E-state index contributed by atoms with van der Waals surface area (Å²) in [6, 6.07) is 5.85. The van der Waals surface area contributed by atoms with Crippen LogP contribution >= 0.6 is 11.8 Å². The first kappa shape index (κ1) is 13.2. The van der Waals surface area contributed by atoms with Crippen LogP contribution in [-0.4, -0.2) is 28.4 Å². The van der Waals surface area contributed by atoms with Crippen molar-refractivity contribution >= 4 is 29.0 Å². The van der Waals surface area contributed by atoms with E-state index in [0.29, 0.717) is 6.54 Å². The Hall–Kier alpha value is -1.20. The Bertz CT molecular complexity index is 469. The van der Waals surface area contributed by atoms with Gasteiger partial charge in [-0.1, -0.05) is 0 Å². The van der Waals surface area contributed by atoms with Crippen molar-refractivity contribution in [1.29, 1.82) is 0 Å². The molecule has 0 bridgehead atoms. The van der Waals surface area contributed by atoms with E-state index < -0.39 is 5.60 Å². The van der Waals surface area contributed by atoms with Crippen LogP contribution in [0.1, 0.15) is 20.8 Å². The Balaban J connectivity index is 2.13. The first-order chi connectivity index (χ1) is 8.35. The summed E-state index contributed by atoms with van der Waals surface area (Å²) in [5.74, 6) is 0.0344. The fourth-order valence-electron chi connectivity index (χ4n) is 1.64. The fraction of sp³-hybridized carbons (Fsp3) is 0.462. The number of thioether (sulfide) groups is 1. The first-order valence-corrected chi connectivity index (χ1v) is 6.81. The highest BCUT2D eigenvalue weighted by atomic mass is 32.2. The number of anilines is 2. The van der Waals surface area contributed by atoms with Gasteiger partial charge in [-0.25, -0.2) is 0 Å². The van der Waals surface area contributed by atoms with Crippen molar-refractivity contribution in [1.82, 2.24) is 0 Å². The maximum atomic E-state index is 11.6. The number of aliphatic hydroxyl groups is 1. The lowest BCUT2D eigenvalue weighted by Gasteiger charge is -2.23. The number of rotatable bonds is 3. The van der Waals surface area contributed by atoms with Crippen LogP contribution in [-0.2, 0) is 4.79 Å². The van der Waals surface area contributed by atoms with Crippen LogP contribution in [0.3, 0.4) is 0 Å². The van der Waals surface area contributed by atoms with E-state index in [1.807, 2.05) is 25.1 Å². The van der Waals surface area contributed by atoms with Crippen LogP contribution in [0, 0.1) is 0 Å². The van der Waals surface area contributed by atoms with Crippen molar-refractivity contribution in [2.75, 3.05) is 17.2 Å². The van der Waals surface area contributed by atoms with Gasteiger partial charge in [0.25, 0.3) is 0 Å². The van der Waals surface area contributed by atoms with Crippen molar-refractivity contribution in [3.63, 3.8) is 0 Å². The zero-order chi connectivity index (χ0) is 13.3. The largest absolute Gasteiger partial charge is 0.389 e. The minimum Gasteiger partial charge on any atom is -0.389 e. The Kier molecular flexibility index (Phi) is 3.54. The monoisotopic (exact) mass is 266 g/mol. The van der Waals surface area contributed by atoms with E-state index in [-0.39, 0.29) is 11.2 Å². The topological polar surface area (TPSA) is 61.4 Å². The minimum atomic E-state index is -0.761. The maximum absolute atomic E-state index is 11.6. The third-order valence-electron chi connectivity index (χ3n) is 2.64. The van der Waals surface area contributed by atoms with Gasteiger partial charge in [0, 0.05) is 17.1 Å². The number of amides is 1. The highest BCUT2D eigenvalue weighted by molar-refractivity contribution is 8.00. The minimum absolute atomic E-state index is 0.0344. The normalized spacial score (nSPS) is 19.1. The number of hydrogen-bond donors (Lipinski definition) is 3. The van der Waals surface area contributed by atoms with Gasteiger partial charge >= 0.3 is 0 Å². The molecule has 1 atom stereocenters. The summed E-state index contributed by atoms with van der Waals surface area (Å²) in [5.41, 5.74) is 0.970. The van der Waals surface area contributed by atoms with E-state index in [4.69, 9.17) is 0 Å². The molecule has 1 aromatic rings. The molecule has 0 saturated heterocycles. The molecule has 1 aromatic carbocycles. The van der Waals surface area contributed by atoms with Crippen LogP contribution < -0.4 is 10.6 Å². The summed E-state index contributed by atoms with van der Waals surface area (Å²) < 4.78 is 0. The second kappa shape index (κ2) is 4.82. The zero-order valence-electron chi connectivity index (χ0n) is 10.8. The molecule has 0 saturated carbocycles. The molecule has 0 fully saturated rings. The Morgan fingerprint density at radius 2 is 2.22 bits per heavy atom. The van der Waals surface area contributed by atoms with E-state index in [0.717, 1.165) is 16.3 Å². The molecule has 0 spiro atoms. The number of fused-ring (bicyclic) bond motifs is 1. The van der Waals surface area contributed by atoms with E-state index in [2.05, 4.69) is 10.6 Å². The number of carbonyl (C=O) groups is 1. The highest BCUT2D eigenvalue weighted by Gasteiger charge is 2.23. The van der Waals surface area contributed by atoms with Gasteiger partial charge in [-0.2, -0.15) is 0 Å². The van der Waals surface area contributed by atoms with Crippen molar-refractivity contribution in [3.05, 3.63) is 18.2 Å². The van der Waals surface area contributed by atoms with Crippen LogP contribution in [0.25, 0.3) is 0 Å². The molecule has 1 heterocycles. The van der Waals surface area contributed by atoms with E-state index in [1.165, 1.54) is 0 Å². The summed E-state index contributed by atoms with van der Waals surface area (Å²) in [4.78, 5) is 12.7. The van der Waals surface area contributed by atoms with E-state index in [1.54, 1.807) is 25.6 Å². The molecule has 3 N–H and O–H groups in total. The molecule has 1 unspecified atom stereocenters. The summed E-state index contributed by atoms with van der Waals surface area (Å²) in [6.07, 6.45) is 0. The molecule has 4 nitrogen and oxygen atoms in total. The molecule has 2 rings (SSSR count). The quantitative estimate of drug-likeness (QED) is 0.785. The molecule has 0 aromatic heterocycles. The van der Waals surface area contributed by atoms with Gasteiger partial charge in [-0.15, -0.1) is 11.8 Å². The fourth-order valence-corrected chi connectivity index (χ4v) is 2.57. The summed E-state index contributed by atoms with van der Waals surface area (Å²) >= 11 is 1.56. The summed E-state index contributed by atoms with van der Waals surface area (Å²) in [7, 11) is 0. The van der Waals surface area contributed by atoms with Crippen LogP contribution in [0.15, 0.2) is 23.1 Å². The van der Waals surface area contributed by atoms with Crippen LogP contribution in [0.4, 0.5) is 11.4 Å². The highest BCUT2D eigenvalue weighted by Crippen LogP contribution is 2.36. The molecule has 5 heteroatoms. The van der Waals surface area contributed by atoms with Crippen molar-refractivity contribution in [3.8, 4) is 0 Å². The lowest BCUT2D eigenvalue weighted by atomic mass is 10.1. The molecule has 98 valence electrons. The molecular weight excluding hydrogens is 248 g/mol. The number of hydrogen-bond acceptors (Lipinski definition) is 4. The number of benzene rings is 1. The third kappa shape index (κ3) is 3.17. The second-order valence-electron chi connectivity index (χ2n) is 5.13. The first-order valence-electron chi connectivity index (χ1n) is 5.93. The van der Waals surface area contributed by atoms with E-state index in [9.17, 15) is 9.90 Å². The Labute approximate surface area is 111 Å². The Morgan fingerprint density at radius 1 is 1.50 bits per heavy atom. The molecule has 0 aliphatic carbocycles. The smallest absolute Gasteiger partial charge is 0.237 e. The lowest BCUT2D eigenvalue weighted by molar-refractivity contribution is -0.115. The van der Waals surface area contributed by atoms with Crippen molar-refractivity contribution < 1.29 is 9.90 Å². The Morgan fingerprint density at radius 3 is 2.89 bits per heavy atom. The predicted octanol–water partition coefficient (Wildman–Crippen LogP) is 2.30. The van der Waals surface area contributed by atoms with Gasteiger partial charge in [0.2, 0.25) is 5.91 Å². The standard InChI is InChI=1S/C13H18N2O2S/c1-8-12(16)15-10-6-9(4-5-11(10)18-8)14-7-13(2,3)17/h4-6,8,14,17H,7H2,1-3H3,(H,15,16). The predicted molar refractivity (Wildman–Crippen MR) is 75.2 cm³/mol. The SMILES string of the molecule is CC1Sc2ccc(NCC(C)(C)O)cc2NC1=O.